The Kier molecular flexibility index (Phi) is 13.9. The quantitative estimate of drug-likeness (QED) is 0.222. The van der Waals surface area contributed by atoms with E-state index in [0.29, 0.717) is 0 Å². The first-order valence-electron chi connectivity index (χ1n) is 1.79. The van der Waals surface area contributed by atoms with Gasteiger partial charge in [-0.25, -0.2) is 0 Å². The van der Waals surface area contributed by atoms with Crippen molar-refractivity contribution in [3.8, 4) is 0 Å². The van der Waals surface area contributed by atoms with E-state index in [9.17, 15) is 0 Å². The van der Waals surface area contributed by atoms with Crippen LogP contribution in [0.2, 0.25) is 0 Å². The van der Waals surface area contributed by atoms with Gasteiger partial charge in [-0.15, -0.1) is 0 Å². The zero-order chi connectivity index (χ0) is 4.50. The molecular formula is C4H14NNa2+. The first-order chi connectivity index (χ1) is 2.00. The molecule has 0 atom stereocenters. The molecule has 0 unspecified atom stereocenters. The van der Waals surface area contributed by atoms with Gasteiger partial charge in [0.25, 0.3) is 0 Å². The third-order valence-electron chi connectivity index (χ3n) is 0. The van der Waals surface area contributed by atoms with E-state index >= 15 is 0 Å². The van der Waals surface area contributed by atoms with Crippen LogP contribution in [0.15, 0.2) is 0 Å². The van der Waals surface area contributed by atoms with Crippen LogP contribution in [0.5, 0.6) is 0 Å². The predicted octanol–water partition coefficient (Wildman–Crippen LogP) is -5.44. The summed E-state index contributed by atoms with van der Waals surface area (Å²) in [5.41, 5.74) is 0. The Balaban J connectivity index is -0.0000000133. The average Bonchev–Trinajstić information content (AvgIpc) is 0.722. The summed E-state index contributed by atoms with van der Waals surface area (Å²) in [6.07, 6.45) is 0. The Morgan fingerprint density at radius 3 is 0.857 bits per heavy atom. The first kappa shape index (κ1) is 16.0. The van der Waals surface area contributed by atoms with Crippen molar-refractivity contribution in [2.24, 2.45) is 0 Å². The molecule has 0 aliphatic heterocycles. The van der Waals surface area contributed by atoms with E-state index in [4.69, 9.17) is 0 Å². The summed E-state index contributed by atoms with van der Waals surface area (Å²) in [6.45, 7) is 0. The summed E-state index contributed by atoms with van der Waals surface area (Å²) < 4.78 is 1.00. The maximum atomic E-state index is 2.12. The van der Waals surface area contributed by atoms with E-state index in [-0.39, 0.29) is 62.0 Å². The summed E-state index contributed by atoms with van der Waals surface area (Å²) in [5.74, 6) is 0. The number of quaternary nitrogens is 1. The maximum Gasteiger partial charge on any atom is 1.00 e. The van der Waals surface area contributed by atoms with E-state index in [0.717, 1.165) is 4.48 Å². The van der Waals surface area contributed by atoms with Crippen LogP contribution in [0.1, 0.15) is 2.85 Å². The topological polar surface area (TPSA) is 0 Å². The van der Waals surface area contributed by atoms with Gasteiger partial charge < -0.3 is 7.34 Å². The smallest absolute Gasteiger partial charge is 1.00 e. The molecule has 0 radical (unpaired) electrons. The molecule has 0 saturated carbocycles. The largest absolute Gasteiger partial charge is 1.00 e. The van der Waals surface area contributed by atoms with Crippen LogP contribution in [-0.2, 0) is 0 Å². The molecule has 36 valence electrons. The average molecular weight is 122 g/mol. The van der Waals surface area contributed by atoms with Crippen LogP contribution in [0.3, 0.4) is 0 Å². The van der Waals surface area contributed by atoms with Crippen molar-refractivity contribution < 1.29 is 66.5 Å². The second kappa shape index (κ2) is 6.09. The maximum absolute atomic E-state index is 2.12. The van der Waals surface area contributed by atoms with Gasteiger partial charge in [-0.05, 0) is 0 Å². The van der Waals surface area contributed by atoms with Crippen LogP contribution < -0.4 is 59.1 Å². The van der Waals surface area contributed by atoms with Gasteiger partial charge in [0.1, 0.15) is 0 Å². The van der Waals surface area contributed by atoms with E-state index in [1.54, 1.807) is 0 Å². The van der Waals surface area contributed by atoms with E-state index in [1.807, 2.05) is 0 Å². The zero-order valence-electron chi connectivity index (χ0n) is 8.45. The number of hydrogen-bond acceptors (Lipinski definition) is 0. The molecule has 1 nitrogen and oxygen atoms in total. The normalized spacial score (nSPS) is 8.57. The number of hydrogen-bond donors (Lipinski definition) is 0. The standard InChI is InChI=1S/C4H12N.2Na.2H/c1-5(2,3)4;;;;/h1-4H3;;;;/q3*+1;2*-1. The Labute approximate surface area is 93.6 Å². The van der Waals surface area contributed by atoms with Gasteiger partial charge in [0.15, 0.2) is 0 Å². The van der Waals surface area contributed by atoms with Crippen molar-refractivity contribution in [1.29, 1.82) is 0 Å². The first-order valence-corrected chi connectivity index (χ1v) is 1.79. The Morgan fingerprint density at radius 1 is 0.857 bits per heavy atom. The molecule has 0 spiro atoms. The van der Waals surface area contributed by atoms with Crippen molar-refractivity contribution in [2.75, 3.05) is 28.2 Å². The molecule has 0 saturated heterocycles. The second-order valence-corrected chi connectivity index (χ2v) is 2.68. The molecule has 0 heterocycles. The Bertz CT molecular complexity index is 32.0. The third-order valence-corrected chi connectivity index (χ3v) is 0. The van der Waals surface area contributed by atoms with Gasteiger partial charge in [-0.3, -0.25) is 0 Å². The van der Waals surface area contributed by atoms with Gasteiger partial charge in [-0.2, -0.15) is 0 Å². The molecular weight excluding hydrogens is 108 g/mol. The van der Waals surface area contributed by atoms with Gasteiger partial charge in [0, 0.05) is 0 Å². The molecule has 7 heavy (non-hydrogen) atoms. The summed E-state index contributed by atoms with van der Waals surface area (Å²) in [5, 5.41) is 0. The number of nitrogens with zero attached hydrogens (tertiary/aromatic N) is 1. The molecule has 0 amide bonds. The molecule has 0 N–H and O–H groups in total. The number of rotatable bonds is 0. The minimum Gasteiger partial charge on any atom is -1.00 e. The fraction of sp³-hybridized carbons (Fsp3) is 1.00. The van der Waals surface area contributed by atoms with E-state index in [1.165, 1.54) is 0 Å². The molecule has 0 aromatic carbocycles. The Hall–Kier alpha value is 1.96. The minimum atomic E-state index is 0. The molecule has 0 fully saturated rings. The summed E-state index contributed by atoms with van der Waals surface area (Å²) >= 11 is 0. The van der Waals surface area contributed by atoms with Crippen LogP contribution in [0, 0.1) is 0 Å². The fourth-order valence-electron chi connectivity index (χ4n) is 0. The molecule has 0 rings (SSSR count). The van der Waals surface area contributed by atoms with E-state index in [2.05, 4.69) is 28.2 Å². The summed E-state index contributed by atoms with van der Waals surface area (Å²) in [4.78, 5) is 0. The summed E-state index contributed by atoms with van der Waals surface area (Å²) in [7, 11) is 8.50. The Morgan fingerprint density at radius 2 is 0.857 bits per heavy atom. The molecule has 3 heteroatoms. The SMILES string of the molecule is C[N+](C)(C)C.[H-].[H-].[Na+].[Na+]. The fourth-order valence-corrected chi connectivity index (χ4v) is 0. The summed E-state index contributed by atoms with van der Waals surface area (Å²) in [6, 6.07) is 0. The van der Waals surface area contributed by atoms with Crippen LogP contribution >= 0.6 is 0 Å². The van der Waals surface area contributed by atoms with Crippen molar-refractivity contribution in [2.45, 2.75) is 0 Å². The van der Waals surface area contributed by atoms with Crippen LogP contribution in [-0.4, -0.2) is 32.7 Å². The third kappa shape index (κ3) is 73.6. The molecule has 0 bridgehead atoms. The molecule has 0 aromatic heterocycles. The van der Waals surface area contributed by atoms with E-state index < -0.39 is 0 Å². The van der Waals surface area contributed by atoms with Gasteiger partial charge in [-0.1, -0.05) is 0 Å². The molecule has 0 aliphatic rings. The van der Waals surface area contributed by atoms with Crippen molar-refractivity contribution in [3.63, 3.8) is 0 Å². The molecule has 0 aliphatic carbocycles. The minimum absolute atomic E-state index is 0. The predicted molar refractivity (Wildman–Crippen MR) is 26.2 cm³/mol. The van der Waals surface area contributed by atoms with Crippen molar-refractivity contribution >= 4 is 0 Å². The van der Waals surface area contributed by atoms with Gasteiger partial charge in [0.05, 0.1) is 28.2 Å². The van der Waals surface area contributed by atoms with Gasteiger partial charge in [0.2, 0.25) is 0 Å². The zero-order valence-corrected chi connectivity index (χ0v) is 10.4. The molecule has 0 aromatic rings. The van der Waals surface area contributed by atoms with Crippen molar-refractivity contribution in [1.82, 2.24) is 0 Å². The monoisotopic (exact) mass is 122 g/mol. The van der Waals surface area contributed by atoms with Crippen molar-refractivity contribution in [3.05, 3.63) is 0 Å². The van der Waals surface area contributed by atoms with Crippen LogP contribution in [0.25, 0.3) is 0 Å². The van der Waals surface area contributed by atoms with Gasteiger partial charge >= 0.3 is 59.1 Å². The second-order valence-electron chi connectivity index (χ2n) is 2.68. The van der Waals surface area contributed by atoms with Crippen LogP contribution in [0.4, 0.5) is 0 Å².